The van der Waals surface area contributed by atoms with Crippen molar-refractivity contribution in [2.75, 3.05) is 5.32 Å². The Morgan fingerprint density at radius 1 is 1.17 bits per heavy atom. The normalized spacial score (nSPS) is 10.5. The first kappa shape index (κ1) is 15.1. The monoisotopic (exact) mass is 331 g/mol. The highest BCUT2D eigenvalue weighted by molar-refractivity contribution is 7.71. The quantitative estimate of drug-likeness (QED) is 0.711. The molecule has 0 saturated heterocycles. The van der Waals surface area contributed by atoms with Crippen LogP contribution < -0.4 is 5.32 Å². The van der Waals surface area contributed by atoms with Gasteiger partial charge in [-0.2, -0.15) is 0 Å². The highest BCUT2D eigenvalue weighted by Crippen LogP contribution is 2.17. The number of aromatic amines is 1. The zero-order chi connectivity index (χ0) is 16.4. The first-order valence-electron chi connectivity index (χ1n) is 6.67. The number of benzene rings is 2. The molecule has 2 aromatic carbocycles. The van der Waals surface area contributed by atoms with Gasteiger partial charge in [-0.05, 0) is 42.5 Å². The lowest BCUT2D eigenvalue weighted by molar-refractivity contribution is 0.102. The number of rotatable bonds is 3. The summed E-state index contributed by atoms with van der Waals surface area (Å²) in [4.78, 5) is 15.0. The molecular formula is C16H11F2N3OS. The van der Waals surface area contributed by atoms with E-state index in [0.29, 0.717) is 16.5 Å². The van der Waals surface area contributed by atoms with E-state index < -0.39 is 17.5 Å². The van der Waals surface area contributed by atoms with Crippen LogP contribution in [0.1, 0.15) is 10.4 Å². The van der Waals surface area contributed by atoms with E-state index in [1.807, 2.05) is 6.07 Å². The topological polar surface area (TPSA) is 49.8 Å². The lowest BCUT2D eigenvalue weighted by Gasteiger charge is -2.09. The fourth-order valence-electron chi connectivity index (χ4n) is 2.13. The van der Waals surface area contributed by atoms with Gasteiger partial charge in [0.1, 0.15) is 11.6 Å². The van der Waals surface area contributed by atoms with Crippen molar-refractivity contribution in [2.24, 2.45) is 0 Å². The van der Waals surface area contributed by atoms with Crippen LogP contribution >= 0.6 is 12.2 Å². The second kappa shape index (κ2) is 6.13. The average molecular weight is 331 g/mol. The maximum Gasteiger partial charge on any atom is 0.258 e. The Bertz CT molecular complexity index is 933. The minimum Gasteiger partial charge on any atom is -0.337 e. The first-order valence-corrected chi connectivity index (χ1v) is 7.08. The third-order valence-electron chi connectivity index (χ3n) is 3.21. The molecule has 116 valence electrons. The number of hydrogen-bond acceptors (Lipinski definition) is 2. The van der Waals surface area contributed by atoms with Gasteiger partial charge < -0.3 is 10.3 Å². The predicted molar refractivity (Wildman–Crippen MR) is 85.3 cm³/mol. The van der Waals surface area contributed by atoms with Crippen LogP contribution in [0.25, 0.3) is 5.69 Å². The van der Waals surface area contributed by atoms with Gasteiger partial charge in [-0.25, -0.2) is 8.78 Å². The summed E-state index contributed by atoms with van der Waals surface area (Å²) in [7, 11) is 0. The van der Waals surface area contributed by atoms with E-state index in [-0.39, 0.29) is 5.56 Å². The molecule has 1 heterocycles. The molecule has 7 heteroatoms. The summed E-state index contributed by atoms with van der Waals surface area (Å²) in [6.07, 6.45) is 3.45. The van der Waals surface area contributed by atoms with Crippen LogP contribution in [-0.2, 0) is 0 Å². The molecule has 0 aliphatic carbocycles. The number of amides is 1. The second-order valence-electron chi connectivity index (χ2n) is 4.76. The van der Waals surface area contributed by atoms with Gasteiger partial charge >= 0.3 is 0 Å². The summed E-state index contributed by atoms with van der Waals surface area (Å²) in [5.74, 6) is -2.30. The van der Waals surface area contributed by atoms with Crippen LogP contribution in [0.5, 0.6) is 0 Å². The zero-order valence-corrected chi connectivity index (χ0v) is 12.5. The van der Waals surface area contributed by atoms with Crippen molar-refractivity contribution in [3.63, 3.8) is 0 Å². The Labute approximate surface area is 135 Å². The average Bonchev–Trinajstić information content (AvgIpc) is 2.93. The highest BCUT2D eigenvalue weighted by Gasteiger charge is 2.13. The van der Waals surface area contributed by atoms with Gasteiger partial charge in [0.15, 0.2) is 4.77 Å². The predicted octanol–water partition coefficient (Wildman–Crippen LogP) is 4.07. The number of carbonyl (C=O) groups is 1. The summed E-state index contributed by atoms with van der Waals surface area (Å²) in [6.45, 7) is 0. The Balaban J connectivity index is 1.87. The standard InChI is InChI=1S/C16H11F2N3OS/c17-10-4-5-13(14(18)8-10)15(22)20-11-2-1-3-12(9-11)21-7-6-19-16(21)23/h1-9H,(H,19,23)(H,20,22). The molecule has 0 fully saturated rings. The van der Waals surface area contributed by atoms with Gasteiger partial charge in [0, 0.05) is 29.8 Å². The van der Waals surface area contributed by atoms with E-state index in [4.69, 9.17) is 12.2 Å². The van der Waals surface area contributed by atoms with Crippen LogP contribution in [0, 0.1) is 16.4 Å². The van der Waals surface area contributed by atoms with E-state index in [0.717, 1.165) is 17.8 Å². The summed E-state index contributed by atoms with van der Waals surface area (Å²) < 4.78 is 28.8. The number of carbonyl (C=O) groups excluding carboxylic acids is 1. The number of aromatic nitrogens is 2. The molecule has 0 aliphatic heterocycles. The van der Waals surface area contributed by atoms with Crippen molar-refractivity contribution < 1.29 is 13.6 Å². The maximum atomic E-state index is 13.6. The van der Waals surface area contributed by atoms with Crippen molar-refractivity contribution in [1.82, 2.24) is 9.55 Å². The Kier molecular flexibility index (Phi) is 4.03. The molecule has 0 unspecified atom stereocenters. The molecule has 23 heavy (non-hydrogen) atoms. The van der Waals surface area contributed by atoms with Gasteiger partial charge in [-0.15, -0.1) is 0 Å². The van der Waals surface area contributed by atoms with Crippen molar-refractivity contribution in [3.8, 4) is 5.69 Å². The molecule has 3 rings (SSSR count). The molecule has 1 aromatic heterocycles. The van der Waals surface area contributed by atoms with Crippen LogP contribution in [0.2, 0.25) is 0 Å². The van der Waals surface area contributed by atoms with Gasteiger partial charge in [0.05, 0.1) is 5.56 Å². The van der Waals surface area contributed by atoms with Crippen molar-refractivity contribution >= 4 is 23.8 Å². The molecule has 1 amide bonds. The zero-order valence-electron chi connectivity index (χ0n) is 11.7. The molecule has 0 spiro atoms. The van der Waals surface area contributed by atoms with Gasteiger partial charge in [-0.1, -0.05) is 6.07 Å². The molecule has 0 aliphatic rings. The molecule has 0 bridgehead atoms. The summed E-state index contributed by atoms with van der Waals surface area (Å²) in [5.41, 5.74) is 0.989. The maximum absolute atomic E-state index is 13.6. The Hall–Kier alpha value is -2.80. The van der Waals surface area contributed by atoms with Crippen molar-refractivity contribution in [1.29, 1.82) is 0 Å². The van der Waals surface area contributed by atoms with E-state index in [1.165, 1.54) is 0 Å². The number of nitrogens with zero attached hydrogens (tertiary/aromatic N) is 1. The number of H-pyrrole nitrogens is 1. The fourth-order valence-corrected chi connectivity index (χ4v) is 2.36. The third-order valence-corrected chi connectivity index (χ3v) is 3.52. The SMILES string of the molecule is O=C(Nc1cccc(-n2cc[nH]c2=S)c1)c1ccc(F)cc1F. The van der Waals surface area contributed by atoms with Crippen molar-refractivity contribution in [3.05, 3.63) is 76.8 Å². The van der Waals surface area contributed by atoms with E-state index in [1.54, 1.807) is 35.2 Å². The van der Waals surface area contributed by atoms with Gasteiger partial charge in [0.2, 0.25) is 0 Å². The molecule has 0 atom stereocenters. The Morgan fingerprint density at radius 2 is 2.00 bits per heavy atom. The third kappa shape index (κ3) is 3.19. The molecule has 0 radical (unpaired) electrons. The lowest BCUT2D eigenvalue weighted by Crippen LogP contribution is -2.14. The minimum atomic E-state index is -0.911. The van der Waals surface area contributed by atoms with Crippen LogP contribution in [0.15, 0.2) is 54.9 Å². The number of nitrogens with one attached hydrogen (secondary N) is 2. The van der Waals surface area contributed by atoms with Gasteiger partial charge in [-0.3, -0.25) is 9.36 Å². The fraction of sp³-hybridized carbons (Fsp3) is 0. The van der Waals surface area contributed by atoms with E-state index in [2.05, 4.69) is 10.3 Å². The minimum absolute atomic E-state index is 0.227. The summed E-state index contributed by atoms with van der Waals surface area (Å²) in [6, 6.07) is 9.73. The molecule has 2 N–H and O–H groups in total. The largest absolute Gasteiger partial charge is 0.337 e. The molecular weight excluding hydrogens is 320 g/mol. The van der Waals surface area contributed by atoms with Crippen LogP contribution in [0.3, 0.4) is 0 Å². The number of anilines is 1. The smallest absolute Gasteiger partial charge is 0.258 e. The van der Waals surface area contributed by atoms with Crippen LogP contribution in [0.4, 0.5) is 14.5 Å². The summed E-state index contributed by atoms with van der Waals surface area (Å²) >= 11 is 5.14. The number of imidazole rings is 1. The number of halogens is 2. The second-order valence-corrected chi connectivity index (χ2v) is 5.15. The molecule has 3 aromatic rings. The molecule has 4 nitrogen and oxygen atoms in total. The number of hydrogen-bond donors (Lipinski definition) is 2. The van der Waals surface area contributed by atoms with Crippen molar-refractivity contribution in [2.45, 2.75) is 0 Å². The highest BCUT2D eigenvalue weighted by atomic mass is 32.1. The first-order chi connectivity index (χ1) is 11.0. The Morgan fingerprint density at radius 3 is 2.70 bits per heavy atom. The lowest BCUT2D eigenvalue weighted by atomic mass is 10.2. The van der Waals surface area contributed by atoms with E-state index >= 15 is 0 Å². The molecule has 0 saturated carbocycles. The van der Waals surface area contributed by atoms with Crippen LogP contribution in [-0.4, -0.2) is 15.5 Å². The van der Waals surface area contributed by atoms with E-state index in [9.17, 15) is 13.6 Å². The summed E-state index contributed by atoms with van der Waals surface area (Å²) in [5, 5.41) is 2.58. The van der Waals surface area contributed by atoms with Gasteiger partial charge in [0.25, 0.3) is 5.91 Å².